The average Bonchev–Trinajstić information content (AvgIpc) is 2.31. The van der Waals surface area contributed by atoms with Gasteiger partial charge in [-0.3, -0.25) is 9.69 Å². The lowest BCUT2D eigenvalue weighted by Gasteiger charge is -2.42. The summed E-state index contributed by atoms with van der Waals surface area (Å²) in [5, 5.41) is 0. The Morgan fingerprint density at radius 3 is 2.47 bits per heavy atom. The zero-order valence-electron chi connectivity index (χ0n) is 9.41. The van der Waals surface area contributed by atoms with Gasteiger partial charge in [-0.25, -0.2) is 0 Å². The minimum atomic E-state index is -0.324. The van der Waals surface area contributed by atoms with Gasteiger partial charge in [0, 0.05) is 0 Å². The number of ketones is 1. The summed E-state index contributed by atoms with van der Waals surface area (Å²) < 4.78 is 0. The van der Waals surface area contributed by atoms with E-state index in [2.05, 4.69) is 17.1 Å². The standard InChI is InChI=1S/C13H19NO/c1-12(15)13(8-4-2-5-9-13)14-10-6-3-7-11-14/h2,4-5,8H,3,6-7,9-11H2,1H3. The Hall–Kier alpha value is -0.890. The van der Waals surface area contributed by atoms with Gasteiger partial charge < -0.3 is 0 Å². The van der Waals surface area contributed by atoms with Crippen LogP contribution in [0.2, 0.25) is 0 Å². The van der Waals surface area contributed by atoms with Crippen LogP contribution in [0.5, 0.6) is 0 Å². The Labute approximate surface area is 91.6 Å². The topological polar surface area (TPSA) is 20.3 Å². The molecule has 0 amide bonds. The van der Waals surface area contributed by atoms with Gasteiger partial charge in [0.1, 0.15) is 5.54 Å². The number of rotatable bonds is 2. The van der Waals surface area contributed by atoms with Crippen LogP contribution in [-0.2, 0) is 4.79 Å². The van der Waals surface area contributed by atoms with Crippen molar-refractivity contribution in [2.24, 2.45) is 0 Å². The number of carbonyl (C=O) groups is 1. The first-order valence-corrected chi connectivity index (χ1v) is 5.86. The Bertz CT molecular complexity index is 300. The molecule has 1 atom stereocenters. The third kappa shape index (κ3) is 1.91. The molecule has 2 nitrogen and oxygen atoms in total. The molecular weight excluding hydrogens is 186 g/mol. The van der Waals surface area contributed by atoms with Gasteiger partial charge in [0.15, 0.2) is 5.78 Å². The van der Waals surface area contributed by atoms with Crippen LogP contribution in [0.25, 0.3) is 0 Å². The van der Waals surface area contributed by atoms with Gasteiger partial charge in [0.2, 0.25) is 0 Å². The minimum Gasteiger partial charge on any atom is -0.298 e. The van der Waals surface area contributed by atoms with Crippen LogP contribution < -0.4 is 0 Å². The van der Waals surface area contributed by atoms with Gasteiger partial charge >= 0.3 is 0 Å². The van der Waals surface area contributed by atoms with Crippen molar-refractivity contribution in [3.05, 3.63) is 24.3 Å². The lowest BCUT2D eigenvalue weighted by molar-refractivity contribution is -0.126. The second-order valence-corrected chi connectivity index (χ2v) is 4.52. The highest BCUT2D eigenvalue weighted by Crippen LogP contribution is 2.29. The Morgan fingerprint density at radius 1 is 1.20 bits per heavy atom. The molecule has 0 saturated carbocycles. The molecule has 0 aromatic carbocycles. The Balaban J connectivity index is 2.21. The predicted octanol–water partition coefficient (Wildman–Crippen LogP) is 2.32. The largest absolute Gasteiger partial charge is 0.298 e. The zero-order valence-corrected chi connectivity index (χ0v) is 9.41. The second kappa shape index (κ2) is 4.31. The molecule has 2 heteroatoms. The Kier molecular flexibility index (Phi) is 3.06. The lowest BCUT2D eigenvalue weighted by atomic mass is 9.84. The van der Waals surface area contributed by atoms with E-state index in [-0.39, 0.29) is 11.3 Å². The first-order chi connectivity index (χ1) is 7.26. The van der Waals surface area contributed by atoms with Crippen LogP contribution >= 0.6 is 0 Å². The van der Waals surface area contributed by atoms with Crippen molar-refractivity contribution < 1.29 is 4.79 Å². The summed E-state index contributed by atoms with van der Waals surface area (Å²) >= 11 is 0. The number of nitrogens with zero attached hydrogens (tertiary/aromatic N) is 1. The van der Waals surface area contributed by atoms with Crippen LogP contribution in [0, 0.1) is 0 Å². The minimum absolute atomic E-state index is 0.282. The van der Waals surface area contributed by atoms with Gasteiger partial charge in [0.05, 0.1) is 0 Å². The summed E-state index contributed by atoms with van der Waals surface area (Å²) in [7, 11) is 0. The van der Waals surface area contributed by atoms with Crippen molar-refractivity contribution in [1.82, 2.24) is 4.90 Å². The molecule has 1 saturated heterocycles. The van der Waals surface area contributed by atoms with Crippen molar-refractivity contribution in [2.75, 3.05) is 13.1 Å². The van der Waals surface area contributed by atoms with Crippen LogP contribution in [-0.4, -0.2) is 29.3 Å². The van der Waals surface area contributed by atoms with E-state index in [1.807, 2.05) is 12.2 Å². The summed E-state index contributed by atoms with van der Waals surface area (Å²) in [4.78, 5) is 14.3. The van der Waals surface area contributed by atoms with E-state index in [9.17, 15) is 4.79 Å². The van der Waals surface area contributed by atoms with Crippen molar-refractivity contribution in [2.45, 2.75) is 38.1 Å². The molecule has 0 aromatic heterocycles. The molecule has 0 N–H and O–H groups in total. The number of carbonyl (C=O) groups excluding carboxylic acids is 1. The van der Waals surface area contributed by atoms with Crippen molar-refractivity contribution in [3.63, 3.8) is 0 Å². The molecule has 82 valence electrons. The van der Waals surface area contributed by atoms with Crippen molar-refractivity contribution >= 4 is 5.78 Å². The number of hydrogen-bond acceptors (Lipinski definition) is 2. The lowest BCUT2D eigenvalue weighted by Crippen LogP contribution is -2.54. The number of likely N-dealkylation sites (tertiary alicyclic amines) is 1. The van der Waals surface area contributed by atoms with E-state index in [0.29, 0.717) is 0 Å². The smallest absolute Gasteiger partial charge is 0.154 e. The van der Waals surface area contributed by atoms with E-state index in [0.717, 1.165) is 19.5 Å². The SMILES string of the molecule is CC(=O)C1(N2CCCCC2)C=CC=CC1. The molecule has 2 rings (SSSR count). The fourth-order valence-corrected chi connectivity index (χ4v) is 2.62. The molecule has 0 aromatic rings. The highest BCUT2D eigenvalue weighted by molar-refractivity contribution is 5.89. The average molecular weight is 205 g/mol. The zero-order chi connectivity index (χ0) is 10.7. The molecule has 1 unspecified atom stereocenters. The van der Waals surface area contributed by atoms with Crippen LogP contribution in [0.4, 0.5) is 0 Å². The van der Waals surface area contributed by atoms with Gasteiger partial charge in [-0.2, -0.15) is 0 Å². The van der Waals surface area contributed by atoms with E-state index in [1.54, 1.807) is 6.92 Å². The fraction of sp³-hybridized carbons (Fsp3) is 0.615. The third-order valence-electron chi connectivity index (χ3n) is 3.58. The van der Waals surface area contributed by atoms with E-state index < -0.39 is 0 Å². The van der Waals surface area contributed by atoms with Crippen LogP contribution in [0.15, 0.2) is 24.3 Å². The van der Waals surface area contributed by atoms with Gasteiger partial charge in [-0.15, -0.1) is 0 Å². The summed E-state index contributed by atoms with van der Waals surface area (Å²) in [5.74, 6) is 0.282. The van der Waals surface area contributed by atoms with Crippen molar-refractivity contribution in [1.29, 1.82) is 0 Å². The maximum Gasteiger partial charge on any atom is 0.154 e. The molecule has 2 aliphatic rings. The summed E-state index contributed by atoms with van der Waals surface area (Å²) in [6.45, 7) is 3.85. The maximum absolute atomic E-state index is 11.9. The van der Waals surface area contributed by atoms with E-state index in [4.69, 9.17) is 0 Å². The van der Waals surface area contributed by atoms with Gasteiger partial charge in [-0.05, 0) is 39.3 Å². The van der Waals surface area contributed by atoms with Gasteiger partial charge in [-0.1, -0.05) is 30.7 Å². The summed E-state index contributed by atoms with van der Waals surface area (Å²) in [5.41, 5.74) is -0.324. The number of Topliss-reactive ketones (excluding diaryl/α,β-unsaturated/α-hetero) is 1. The fourth-order valence-electron chi connectivity index (χ4n) is 2.62. The van der Waals surface area contributed by atoms with E-state index >= 15 is 0 Å². The quantitative estimate of drug-likeness (QED) is 0.689. The molecule has 0 spiro atoms. The summed E-state index contributed by atoms with van der Waals surface area (Å²) in [6.07, 6.45) is 12.9. The highest BCUT2D eigenvalue weighted by atomic mass is 16.1. The molecule has 1 aliphatic heterocycles. The molecule has 0 radical (unpaired) electrons. The van der Waals surface area contributed by atoms with Crippen LogP contribution in [0.3, 0.4) is 0 Å². The molecular formula is C13H19NO. The molecule has 1 aliphatic carbocycles. The first-order valence-electron chi connectivity index (χ1n) is 5.86. The first kappa shape index (κ1) is 10.6. The normalized spacial score (nSPS) is 31.8. The molecule has 1 heterocycles. The number of hydrogen-bond donors (Lipinski definition) is 0. The second-order valence-electron chi connectivity index (χ2n) is 4.52. The number of piperidine rings is 1. The van der Waals surface area contributed by atoms with Crippen LogP contribution in [0.1, 0.15) is 32.6 Å². The molecule has 1 fully saturated rings. The third-order valence-corrected chi connectivity index (χ3v) is 3.58. The maximum atomic E-state index is 11.9. The molecule has 15 heavy (non-hydrogen) atoms. The Morgan fingerprint density at radius 2 is 1.93 bits per heavy atom. The van der Waals surface area contributed by atoms with Gasteiger partial charge in [0.25, 0.3) is 0 Å². The van der Waals surface area contributed by atoms with Crippen molar-refractivity contribution in [3.8, 4) is 0 Å². The summed E-state index contributed by atoms with van der Waals surface area (Å²) in [6, 6.07) is 0. The monoisotopic (exact) mass is 205 g/mol. The molecule has 0 bridgehead atoms. The van der Waals surface area contributed by atoms with E-state index in [1.165, 1.54) is 19.3 Å². The number of allylic oxidation sites excluding steroid dienone is 2. The highest BCUT2D eigenvalue weighted by Gasteiger charge is 2.38. The predicted molar refractivity (Wildman–Crippen MR) is 61.7 cm³/mol.